The number of aromatic nitrogens is 1. The van der Waals surface area contributed by atoms with E-state index < -0.39 is 0 Å². The van der Waals surface area contributed by atoms with Crippen molar-refractivity contribution >= 4 is 22.5 Å². The molecule has 0 N–H and O–H groups in total. The number of rotatable bonds is 6. The van der Waals surface area contributed by atoms with Gasteiger partial charge in [-0.15, -0.1) is 0 Å². The van der Waals surface area contributed by atoms with E-state index in [4.69, 9.17) is 21.1 Å². The summed E-state index contributed by atoms with van der Waals surface area (Å²) in [6, 6.07) is 4.05. The maximum absolute atomic E-state index is 6.50. The van der Waals surface area contributed by atoms with Crippen LogP contribution in [0.15, 0.2) is 12.1 Å². The number of hydrogen-bond donors (Lipinski definition) is 0. The van der Waals surface area contributed by atoms with Gasteiger partial charge in [-0.05, 0) is 57.5 Å². The lowest BCUT2D eigenvalue weighted by molar-refractivity contribution is 0.254. The van der Waals surface area contributed by atoms with Crippen molar-refractivity contribution in [1.82, 2.24) is 14.8 Å². The van der Waals surface area contributed by atoms with Crippen molar-refractivity contribution in [2.24, 2.45) is 0 Å². The molecule has 0 bridgehead atoms. The van der Waals surface area contributed by atoms with Gasteiger partial charge in [0.15, 0.2) is 11.5 Å². The summed E-state index contributed by atoms with van der Waals surface area (Å²) >= 11 is 6.50. The number of pyridine rings is 1. The monoisotopic (exact) mass is 389 g/mol. The van der Waals surface area contributed by atoms with Gasteiger partial charge in [0.1, 0.15) is 5.15 Å². The summed E-state index contributed by atoms with van der Waals surface area (Å²) in [5.74, 6) is 1.52. The highest BCUT2D eigenvalue weighted by molar-refractivity contribution is 6.30. The Morgan fingerprint density at radius 2 is 1.93 bits per heavy atom. The first-order valence-corrected chi connectivity index (χ1v) is 10.3. The summed E-state index contributed by atoms with van der Waals surface area (Å²) in [7, 11) is 3.81. The first-order chi connectivity index (χ1) is 13.2. The number of fused-ring (bicyclic) bond motifs is 3. The van der Waals surface area contributed by atoms with Crippen molar-refractivity contribution in [3.8, 4) is 11.5 Å². The van der Waals surface area contributed by atoms with Crippen LogP contribution in [0.4, 0.5) is 0 Å². The van der Waals surface area contributed by atoms with Crippen LogP contribution in [0.5, 0.6) is 11.5 Å². The Balaban J connectivity index is 1.55. The van der Waals surface area contributed by atoms with Crippen LogP contribution in [0.2, 0.25) is 5.15 Å². The Kier molecular flexibility index (Phi) is 5.71. The van der Waals surface area contributed by atoms with Crippen molar-refractivity contribution in [3.63, 3.8) is 0 Å². The Bertz CT molecular complexity index is 821. The van der Waals surface area contributed by atoms with Crippen LogP contribution < -0.4 is 9.47 Å². The van der Waals surface area contributed by atoms with Gasteiger partial charge in [0.05, 0.1) is 19.2 Å². The highest BCUT2D eigenvalue weighted by atomic mass is 35.5. The Morgan fingerprint density at radius 1 is 1.11 bits per heavy atom. The fraction of sp³-hybridized carbons (Fsp3) is 0.571. The molecule has 1 aromatic heterocycles. The molecule has 27 heavy (non-hydrogen) atoms. The van der Waals surface area contributed by atoms with Gasteiger partial charge >= 0.3 is 0 Å². The number of halogens is 1. The molecule has 1 fully saturated rings. The molecule has 0 radical (unpaired) electrons. The van der Waals surface area contributed by atoms with Crippen LogP contribution in [-0.4, -0.2) is 61.7 Å². The summed E-state index contributed by atoms with van der Waals surface area (Å²) in [5, 5.41) is 1.73. The number of likely N-dealkylation sites (tertiary alicyclic amines) is 1. The van der Waals surface area contributed by atoms with Gasteiger partial charge in [-0.1, -0.05) is 11.6 Å². The number of nitrogens with zero attached hydrogens (tertiary/aromatic N) is 3. The first-order valence-electron chi connectivity index (χ1n) is 9.88. The molecule has 146 valence electrons. The minimum Gasteiger partial charge on any atom is -0.493 e. The SMILES string of the molecule is COc1cc2c3c(c(Cl)nc2cc1OCCCN1CCCC1)CN(C)CC3. The number of benzene rings is 1. The van der Waals surface area contributed by atoms with E-state index in [9.17, 15) is 0 Å². The fourth-order valence-electron chi connectivity index (χ4n) is 4.19. The molecule has 5 nitrogen and oxygen atoms in total. The molecule has 0 aliphatic carbocycles. The summed E-state index contributed by atoms with van der Waals surface area (Å²) < 4.78 is 11.7. The molecule has 3 heterocycles. The highest BCUT2D eigenvalue weighted by Crippen LogP contribution is 2.37. The average Bonchev–Trinajstić information content (AvgIpc) is 3.18. The van der Waals surface area contributed by atoms with Crippen LogP contribution in [0, 0.1) is 0 Å². The summed E-state index contributed by atoms with van der Waals surface area (Å²) in [4.78, 5) is 9.43. The maximum atomic E-state index is 6.50. The number of hydrogen-bond acceptors (Lipinski definition) is 5. The molecule has 2 aliphatic rings. The van der Waals surface area contributed by atoms with Crippen LogP contribution >= 0.6 is 11.6 Å². The van der Waals surface area contributed by atoms with E-state index in [1.54, 1.807) is 7.11 Å². The van der Waals surface area contributed by atoms with Gasteiger partial charge in [0.2, 0.25) is 0 Å². The lowest BCUT2D eigenvalue weighted by Crippen LogP contribution is -2.27. The molecular weight excluding hydrogens is 362 g/mol. The molecule has 0 atom stereocenters. The second-order valence-electron chi connectivity index (χ2n) is 7.62. The molecule has 0 spiro atoms. The molecule has 0 amide bonds. The molecule has 1 aromatic carbocycles. The predicted octanol–water partition coefficient (Wildman–Crippen LogP) is 3.75. The van der Waals surface area contributed by atoms with Crippen molar-refractivity contribution in [1.29, 1.82) is 0 Å². The van der Waals surface area contributed by atoms with Gasteiger partial charge in [0, 0.05) is 36.7 Å². The van der Waals surface area contributed by atoms with Crippen LogP contribution in [-0.2, 0) is 13.0 Å². The molecule has 2 aromatic rings. The molecule has 6 heteroatoms. The largest absolute Gasteiger partial charge is 0.493 e. The van der Waals surface area contributed by atoms with Crippen LogP contribution in [0.3, 0.4) is 0 Å². The summed E-state index contributed by atoms with van der Waals surface area (Å²) in [5.41, 5.74) is 3.32. The van der Waals surface area contributed by atoms with E-state index in [0.717, 1.165) is 60.4 Å². The maximum Gasteiger partial charge on any atom is 0.163 e. The van der Waals surface area contributed by atoms with Crippen molar-refractivity contribution < 1.29 is 9.47 Å². The van der Waals surface area contributed by atoms with E-state index >= 15 is 0 Å². The first kappa shape index (κ1) is 18.8. The van der Waals surface area contributed by atoms with E-state index in [0.29, 0.717) is 11.8 Å². The lowest BCUT2D eigenvalue weighted by atomic mass is 9.97. The van der Waals surface area contributed by atoms with E-state index in [2.05, 4.69) is 27.9 Å². The fourth-order valence-corrected chi connectivity index (χ4v) is 4.46. The topological polar surface area (TPSA) is 37.8 Å². The third-order valence-electron chi connectivity index (χ3n) is 5.69. The van der Waals surface area contributed by atoms with Crippen molar-refractivity contribution in [2.75, 3.05) is 46.9 Å². The minimum absolute atomic E-state index is 0.606. The average molecular weight is 390 g/mol. The third kappa shape index (κ3) is 4.00. The number of methoxy groups -OCH3 is 1. The summed E-state index contributed by atoms with van der Waals surface area (Å²) in [6.07, 6.45) is 4.65. The zero-order chi connectivity index (χ0) is 18.8. The molecule has 0 unspecified atom stereocenters. The Hall–Kier alpha value is -1.56. The smallest absolute Gasteiger partial charge is 0.163 e. The van der Waals surface area contributed by atoms with Crippen molar-refractivity contribution in [2.45, 2.75) is 32.2 Å². The third-order valence-corrected chi connectivity index (χ3v) is 6.00. The molecule has 4 rings (SSSR count). The summed E-state index contributed by atoms with van der Waals surface area (Å²) in [6.45, 7) is 6.10. The second-order valence-corrected chi connectivity index (χ2v) is 7.98. The second kappa shape index (κ2) is 8.21. The van der Waals surface area contributed by atoms with Gasteiger partial charge in [-0.25, -0.2) is 4.98 Å². The zero-order valence-corrected chi connectivity index (χ0v) is 17.0. The van der Waals surface area contributed by atoms with Gasteiger partial charge < -0.3 is 19.3 Å². The van der Waals surface area contributed by atoms with Crippen LogP contribution in [0.25, 0.3) is 10.9 Å². The lowest BCUT2D eigenvalue weighted by Gasteiger charge is -2.27. The van der Waals surface area contributed by atoms with E-state index in [-0.39, 0.29) is 0 Å². The normalized spacial score (nSPS) is 18.0. The van der Waals surface area contributed by atoms with E-state index in [1.807, 2.05) is 6.07 Å². The Labute approximate surface area is 166 Å². The molecule has 2 aliphatic heterocycles. The minimum atomic E-state index is 0.606. The van der Waals surface area contributed by atoms with E-state index in [1.165, 1.54) is 31.5 Å². The molecule has 0 saturated carbocycles. The predicted molar refractivity (Wildman–Crippen MR) is 109 cm³/mol. The quantitative estimate of drug-likeness (QED) is 0.555. The zero-order valence-electron chi connectivity index (χ0n) is 16.3. The number of ether oxygens (including phenoxy) is 2. The van der Waals surface area contributed by atoms with Crippen molar-refractivity contribution in [3.05, 3.63) is 28.4 Å². The van der Waals surface area contributed by atoms with Gasteiger partial charge in [0.25, 0.3) is 0 Å². The molecule has 1 saturated heterocycles. The standard InChI is InChI=1S/C21H28ClN3O2/c1-24-10-6-15-16-12-19(26-2)20(13-18(16)23-21(22)17(15)14-24)27-11-5-9-25-7-3-4-8-25/h12-13H,3-11,14H2,1-2H3. The Morgan fingerprint density at radius 3 is 2.70 bits per heavy atom. The molecular formula is C21H28ClN3O2. The van der Waals surface area contributed by atoms with Gasteiger partial charge in [-0.3, -0.25) is 0 Å². The van der Waals surface area contributed by atoms with Gasteiger partial charge in [-0.2, -0.15) is 0 Å². The highest BCUT2D eigenvalue weighted by Gasteiger charge is 2.21. The number of likely N-dealkylation sites (N-methyl/N-ethyl adjacent to an activating group) is 1. The van der Waals surface area contributed by atoms with Crippen LogP contribution in [0.1, 0.15) is 30.4 Å².